The van der Waals surface area contributed by atoms with E-state index in [0.29, 0.717) is 48.0 Å². The minimum atomic E-state index is -1.06. The highest BCUT2D eigenvalue weighted by atomic mass is 35.5. The Kier molecular flexibility index (Phi) is 7.10. The molecule has 2 rings (SSSR count). The number of aliphatic carboxylic acids is 1. The highest BCUT2D eigenvalue weighted by Gasteiger charge is 2.27. The minimum Gasteiger partial charge on any atom is -0.480 e. The Morgan fingerprint density at radius 3 is 2.56 bits per heavy atom. The third-order valence-corrected chi connectivity index (χ3v) is 5.41. The van der Waals surface area contributed by atoms with Crippen LogP contribution in [0.15, 0.2) is 18.2 Å². The quantitative estimate of drug-likeness (QED) is 0.336. The van der Waals surface area contributed by atoms with Crippen LogP contribution in [0.3, 0.4) is 0 Å². The number of rotatable bonds is 5. The molecule has 0 aliphatic carbocycles. The first-order valence-corrected chi connectivity index (χ1v) is 9.24. The van der Waals surface area contributed by atoms with E-state index in [-0.39, 0.29) is 16.8 Å². The summed E-state index contributed by atoms with van der Waals surface area (Å²) in [5, 5.41) is 20.2. The summed E-state index contributed by atoms with van der Waals surface area (Å²) < 4.78 is 0. The maximum Gasteiger partial charge on any atom is 0.325 e. The topological polar surface area (TPSA) is 120 Å². The molecule has 27 heavy (non-hydrogen) atoms. The Morgan fingerprint density at radius 1 is 1.33 bits per heavy atom. The van der Waals surface area contributed by atoms with Crippen molar-refractivity contribution in [2.24, 2.45) is 5.92 Å². The number of nitrogen functional groups attached to an aromatic ring is 1. The van der Waals surface area contributed by atoms with Gasteiger partial charge in [0.15, 0.2) is 0 Å². The fourth-order valence-corrected chi connectivity index (χ4v) is 3.16. The number of nitrogens with zero attached hydrogens (tertiary/aromatic N) is 1. The Labute approximate surface area is 167 Å². The van der Waals surface area contributed by atoms with Gasteiger partial charge in [0.2, 0.25) is 5.91 Å². The highest BCUT2D eigenvalue weighted by molar-refractivity contribution is 6.44. The standard InChI is InChI=1S/C18H22Cl2N4O3/c1-10(18(26)27)23-17(25)12-6-8-24(9-7-12)14(22)5-3-11-2-4-13(21)16(20)15(11)19/h2-5,10,12,22H,6-9,21H2,1H3,(H,23,25)(H,26,27)/b5-3+,22-14?/t10-/m0/s1. The highest BCUT2D eigenvalue weighted by Crippen LogP contribution is 2.31. The van der Waals surface area contributed by atoms with Gasteiger partial charge in [0.25, 0.3) is 0 Å². The summed E-state index contributed by atoms with van der Waals surface area (Å²) in [5.74, 6) is -1.26. The lowest BCUT2D eigenvalue weighted by atomic mass is 9.95. The van der Waals surface area contributed by atoms with Crippen molar-refractivity contribution in [3.05, 3.63) is 33.8 Å². The van der Waals surface area contributed by atoms with E-state index in [2.05, 4.69) is 5.32 Å². The van der Waals surface area contributed by atoms with Gasteiger partial charge in [-0.05, 0) is 43.5 Å². The molecular weight excluding hydrogens is 391 g/mol. The van der Waals surface area contributed by atoms with Crippen LogP contribution in [-0.2, 0) is 9.59 Å². The van der Waals surface area contributed by atoms with Gasteiger partial charge in [0.1, 0.15) is 11.9 Å². The Morgan fingerprint density at radius 2 is 1.96 bits per heavy atom. The van der Waals surface area contributed by atoms with Crippen LogP contribution in [0.25, 0.3) is 6.08 Å². The van der Waals surface area contributed by atoms with Crippen molar-refractivity contribution in [2.45, 2.75) is 25.8 Å². The van der Waals surface area contributed by atoms with Crippen LogP contribution in [0.4, 0.5) is 5.69 Å². The lowest BCUT2D eigenvalue weighted by Gasteiger charge is -2.32. The molecule has 0 saturated carbocycles. The number of carboxylic acid groups (broad SMARTS) is 1. The van der Waals surface area contributed by atoms with Crippen LogP contribution in [0.1, 0.15) is 25.3 Å². The molecule has 1 heterocycles. The molecule has 0 unspecified atom stereocenters. The van der Waals surface area contributed by atoms with Gasteiger partial charge in [-0.1, -0.05) is 29.3 Å². The summed E-state index contributed by atoms with van der Waals surface area (Å²) in [7, 11) is 0. The second-order valence-electron chi connectivity index (χ2n) is 6.42. The van der Waals surface area contributed by atoms with Gasteiger partial charge in [-0.2, -0.15) is 0 Å². The number of carboxylic acids is 1. The number of amidine groups is 1. The van der Waals surface area contributed by atoms with E-state index in [1.54, 1.807) is 24.3 Å². The SMILES string of the molecule is C[C@H](NC(=O)C1CCN(C(=N)/C=C/c2ccc(N)c(Cl)c2Cl)CC1)C(=O)O. The normalized spacial score (nSPS) is 16.3. The summed E-state index contributed by atoms with van der Waals surface area (Å²) in [6.45, 7) is 2.52. The summed E-state index contributed by atoms with van der Waals surface area (Å²) in [5.41, 5.74) is 6.75. The zero-order valence-corrected chi connectivity index (χ0v) is 16.3. The van der Waals surface area contributed by atoms with Gasteiger partial charge in [0.05, 0.1) is 15.7 Å². The molecule has 1 amide bonds. The number of nitrogens with one attached hydrogen (secondary N) is 2. The molecule has 1 atom stereocenters. The number of halogens is 2. The Bertz CT molecular complexity index is 774. The van der Waals surface area contributed by atoms with Crippen molar-refractivity contribution in [2.75, 3.05) is 18.8 Å². The van der Waals surface area contributed by atoms with Crippen molar-refractivity contribution in [1.82, 2.24) is 10.2 Å². The number of carbonyl (C=O) groups is 2. The number of carbonyl (C=O) groups excluding carboxylic acids is 1. The number of likely N-dealkylation sites (tertiary alicyclic amines) is 1. The van der Waals surface area contributed by atoms with Gasteiger partial charge in [-0.25, -0.2) is 0 Å². The molecule has 0 spiro atoms. The molecule has 0 bridgehead atoms. The zero-order chi connectivity index (χ0) is 20.1. The summed E-state index contributed by atoms with van der Waals surface area (Å²) >= 11 is 12.2. The van der Waals surface area contributed by atoms with E-state index in [1.165, 1.54) is 6.92 Å². The predicted octanol–water partition coefficient (Wildman–Crippen LogP) is 2.87. The zero-order valence-electron chi connectivity index (χ0n) is 14.8. The lowest BCUT2D eigenvalue weighted by Crippen LogP contribution is -2.46. The summed E-state index contributed by atoms with van der Waals surface area (Å²) in [6, 6.07) is 2.47. The van der Waals surface area contributed by atoms with Crippen LogP contribution in [-0.4, -0.2) is 46.8 Å². The predicted molar refractivity (Wildman–Crippen MR) is 107 cm³/mol. The number of piperidine rings is 1. The average molecular weight is 413 g/mol. The molecule has 7 nitrogen and oxygen atoms in total. The Hall–Kier alpha value is -2.25. The van der Waals surface area contributed by atoms with E-state index in [9.17, 15) is 9.59 Å². The van der Waals surface area contributed by atoms with Crippen molar-refractivity contribution >= 4 is 52.7 Å². The number of anilines is 1. The van der Waals surface area contributed by atoms with E-state index in [0.717, 1.165) is 0 Å². The van der Waals surface area contributed by atoms with Crippen LogP contribution < -0.4 is 11.1 Å². The van der Waals surface area contributed by atoms with Crippen molar-refractivity contribution in [3.8, 4) is 0 Å². The molecule has 9 heteroatoms. The number of hydrogen-bond donors (Lipinski definition) is 4. The first kappa shape index (κ1) is 21.1. The second-order valence-corrected chi connectivity index (χ2v) is 7.18. The van der Waals surface area contributed by atoms with Gasteiger partial charge in [-0.3, -0.25) is 15.0 Å². The largest absolute Gasteiger partial charge is 0.480 e. The van der Waals surface area contributed by atoms with Gasteiger partial charge in [0, 0.05) is 19.0 Å². The third-order valence-electron chi connectivity index (χ3n) is 4.50. The first-order chi connectivity index (χ1) is 12.7. The molecule has 1 aromatic carbocycles. The van der Waals surface area contributed by atoms with Crippen molar-refractivity contribution in [1.29, 1.82) is 5.41 Å². The molecule has 5 N–H and O–H groups in total. The number of nitrogens with two attached hydrogens (primary N) is 1. The molecular formula is C18H22Cl2N4O3. The monoisotopic (exact) mass is 412 g/mol. The van der Waals surface area contributed by atoms with Crippen LogP contribution in [0.5, 0.6) is 0 Å². The lowest BCUT2D eigenvalue weighted by molar-refractivity contribution is -0.142. The number of amides is 1. The maximum atomic E-state index is 12.1. The maximum absolute atomic E-state index is 12.1. The molecule has 0 radical (unpaired) electrons. The fraction of sp³-hybridized carbons (Fsp3) is 0.389. The van der Waals surface area contributed by atoms with Crippen molar-refractivity contribution in [3.63, 3.8) is 0 Å². The first-order valence-electron chi connectivity index (χ1n) is 8.49. The fourth-order valence-electron chi connectivity index (χ4n) is 2.76. The van der Waals surface area contributed by atoms with E-state index < -0.39 is 12.0 Å². The van der Waals surface area contributed by atoms with Gasteiger partial charge >= 0.3 is 5.97 Å². The molecule has 1 aliphatic heterocycles. The average Bonchev–Trinajstić information content (AvgIpc) is 2.65. The van der Waals surface area contributed by atoms with Crippen LogP contribution in [0.2, 0.25) is 10.0 Å². The van der Waals surface area contributed by atoms with Crippen LogP contribution >= 0.6 is 23.2 Å². The molecule has 1 aliphatic rings. The van der Waals surface area contributed by atoms with Crippen LogP contribution in [0, 0.1) is 11.3 Å². The number of benzene rings is 1. The summed E-state index contributed by atoms with van der Waals surface area (Å²) in [6.07, 6.45) is 4.44. The minimum absolute atomic E-state index is 0.245. The van der Waals surface area contributed by atoms with Crippen molar-refractivity contribution < 1.29 is 14.7 Å². The molecule has 146 valence electrons. The molecule has 1 fully saturated rings. The smallest absolute Gasteiger partial charge is 0.325 e. The molecule has 1 saturated heterocycles. The molecule has 0 aromatic heterocycles. The molecule has 1 aromatic rings. The second kappa shape index (κ2) is 9.10. The Balaban J connectivity index is 1.90. The number of hydrogen-bond acceptors (Lipinski definition) is 4. The van der Waals surface area contributed by atoms with E-state index in [4.69, 9.17) is 39.5 Å². The van der Waals surface area contributed by atoms with Gasteiger partial charge < -0.3 is 21.1 Å². The van der Waals surface area contributed by atoms with Gasteiger partial charge in [-0.15, -0.1) is 0 Å². The third kappa shape index (κ3) is 5.37. The van der Waals surface area contributed by atoms with E-state index in [1.807, 2.05) is 4.90 Å². The van der Waals surface area contributed by atoms with E-state index >= 15 is 0 Å². The summed E-state index contributed by atoms with van der Waals surface area (Å²) in [4.78, 5) is 24.8.